The maximum absolute atomic E-state index is 12.2. The Bertz CT molecular complexity index is 1000. The van der Waals surface area contributed by atoms with Crippen LogP contribution in [0.3, 0.4) is 0 Å². The van der Waals surface area contributed by atoms with Crippen LogP contribution in [0, 0.1) is 4.77 Å². The van der Waals surface area contributed by atoms with E-state index in [0.717, 1.165) is 27.0 Å². The number of nitrogens with zero attached hydrogens (tertiary/aromatic N) is 2. The summed E-state index contributed by atoms with van der Waals surface area (Å²) in [6, 6.07) is 15.2. The van der Waals surface area contributed by atoms with E-state index in [4.69, 9.17) is 28.6 Å². The third kappa shape index (κ3) is 6.09. The second-order valence-electron chi connectivity index (χ2n) is 6.13. The number of amides is 1. The van der Waals surface area contributed by atoms with Crippen molar-refractivity contribution in [3.63, 3.8) is 0 Å². The predicted octanol–water partition coefficient (Wildman–Crippen LogP) is 4.57. The minimum absolute atomic E-state index is 0.0227. The maximum atomic E-state index is 12.2. The number of rotatable bonds is 9. The Hall–Kier alpha value is -2.29. The number of nitrogens with one attached hydrogen (secondary N) is 2. The molecule has 1 aromatic heterocycles. The number of aromatic nitrogens is 3. The molecule has 0 aliphatic carbocycles. The van der Waals surface area contributed by atoms with Crippen molar-refractivity contribution in [1.29, 1.82) is 0 Å². The van der Waals surface area contributed by atoms with E-state index in [0.29, 0.717) is 30.1 Å². The molecule has 0 fully saturated rings. The van der Waals surface area contributed by atoms with Crippen molar-refractivity contribution >= 4 is 41.5 Å². The Balaban J connectivity index is 1.49. The van der Waals surface area contributed by atoms with Crippen molar-refractivity contribution in [1.82, 2.24) is 20.1 Å². The van der Waals surface area contributed by atoms with Crippen molar-refractivity contribution in [2.75, 3.05) is 19.4 Å². The number of thioether (sulfide) groups is 1. The topological polar surface area (TPSA) is 71.9 Å². The van der Waals surface area contributed by atoms with Crippen molar-refractivity contribution in [2.24, 2.45) is 0 Å². The average Bonchev–Trinajstić information content (AvgIpc) is 3.11. The van der Waals surface area contributed by atoms with Gasteiger partial charge in [-0.1, -0.05) is 11.6 Å². The lowest BCUT2D eigenvalue weighted by Crippen LogP contribution is -2.26. The molecule has 0 unspecified atom stereocenters. The molecule has 0 spiro atoms. The van der Waals surface area contributed by atoms with Crippen LogP contribution in [0.5, 0.6) is 5.75 Å². The summed E-state index contributed by atoms with van der Waals surface area (Å²) in [5.74, 6) is 2.23. The zero-order valence-electron chi connectivity index (χ0n) is 15.9. The Kier molecular flexibility index (Phi) is 7.74. The quantitative estimate of drug-likeness (QED) is 0.285. The summed E-state index contributed by atoms with van der Waals surface area (Å²) in [5, 5.41) is 10.8. The van der Waals surface area contributed by atoms with Gasteiger partial charge < -0.3 is 10.1 Å². The van der Waals surface area contributed by atoms with E-state index in [2.05, 4.69) is 15.5 Å². The number of hydrogen-bond donors (Lipinski definition) is 2. The monoisotopic (exact) mass is 448 g/mol. The van der Waals surface area contributed by atoms with E-state index < -0.39 is 0 Å². The van der Waals surface area contributed by atoms with Crippen LogP contribution in [0.2, 0.25) is 5.02 Å². The number of methoxy groups -OCH3 is 1. The summed E-state index contributed by atoms with van der Waals surface area (Å²) >= 11 is 12.9. The molecular weight excluding hydrogens is 428 g/mol. The van der Waals surface area contributed by atoms with Crippen molar-refractivity contribution in [3.05, 3.63) is 58.3 Å². The lowest BCUT2D eigenvalue weighted by atomic mass is 10.2. The van der Waals surface area contributed by atoms with Crippen LogP contribution < -0.4 is 10.1 Å². The number of carbonyl (C=O) groups excluding carboxylic acids is 1. The lowest BCUT2D eigenvalue weighted by molar-refractivity contribution is -0.121. The molecule has 2 aromatic carbocycles. The first-order valence-electron chi connectivity index (χ1n) is 9.01. The molecule has 0 radical (unpaired) electrons. The van der Waals surface area contributed by atoms with Crippen molar-refractivity contribution < 1.29 is 9.53 Å². The highest BCUT2D eigenvalue weighted by atomic mass is 35.5. The molecule has 0 bridgehead atoms. The van der Waals surface area contributed by atoms with Crippen LogP contribution >= 0.6 is 35.6 Å². The minimum atomic E-state index is -0.0227. The fourth-order valence-electron chi connectivity index (χ4n) is 2.68. The van der Waals surface area contributed by atoms with Gasteiger partial charge in [0.2, 0.25) is 5.91 Å². The first-order valence-corrected chi connectivity index (χ1v) is 10.8. The van der Waals surface area contributed by atoms with E-state index in [-0.39, 0.29) is 5.91 Å². The van der Waals surface area contributed by atoms with Crippen LogP contribution in [0.15, 0.2) is 53.4 Å². The molecule has 1 heterocycles. The fraction of sp³-hybridized carbons (Fsp3) is 0.250. The molecule has 3 aromatic rings. The number of ether oxygens (including phenoxy) is 1. The summed E-state index contributed by atoms with van der Waals surface area (Å²) in [4.78, 5) is 13.3. The molecule has 3 rings (SSSR count). The van der Waals surface area contributed by atoms with Crippen LogP contribution in [0.1, 0.15) is 6.42 Å². The van der Waals surface area contributed by atoms with Gasteiger partial charge in [-0.3, -0.25) is 14.5 Å². The molecule has 9 heteroatoms. The summed E-state index contributed by atoms with van der Waals surface area (Å²) in [6.07, 6.45) is 0.322. The molecule has 2 N–H and O–H groups in total. The summed E-state index contributed by atoms with van der Waals surface area (Å²) in [5.41, 5.74) is 0.901. The maximum Gasteiger partial charge on any atom is 0.221 e. The highest BCUT2D eigenvalue weighted by molar-refractivity contribution is 7.99. The highest BCUT2D eigenvalue weighted by Gasteiger charge is 2.11. The molecule has 0 saturated carbocycles. The SMILES string of the molecule is COc1ccc(-c2n[nH]c(=S)n2CCC(=O)NCCSc2ccc(Cl)cc2)cc1. The Morgan fingerprint density at radius 3 is 2.66 bits per heavy atom. The van der Waals surface area contributed by atoms with Gasteiger partial charge in [-0.2, -0.15) is 5.10 Å². The summed E-state index contributed by atoms with van der Waals surface area (Å²) in [7, 11) is 1.62. The number of benzene rings is 2. The summed E-state index contributed by atoms with van der Waals surface area (Å²) < 4.78 is 7.50. The van der Waals surface area contributed by atoms with Gasteiger partial charge in [0.25, 0.3) is 0 Å². The second kappa shape index (κ2) is 10.5. The van der Waals surface area contributed by atoms with E-state index in [1.807, 2.05) is 53.1 Å². The molecule has 152 valence electrons. The van der Waals surface area contributed by atoms with Crippen molar-refractivity contribution in [3.8, 4) is 17.1 Å². The van der Waals surface area contributed by atoms with Gasteiger partial charge in [0.15, 0.2) is 10.6 Å². The van der Waals surface area contributed by atoms with Crippen LogP contribution in [0.25, 0.3) is 11.4 Å². The van der Waals surface area contributed by atoms with Gasteiger partial charge in [-0.05, 0) is 60.7 Å². The molecule has 0 aliphatic heterocycles. The normalized spacial score (nSPS) is 10.7. The second-order valence-corrected chi connectivity index (χ2v) is 8.13. The zero-order valence-corrected chi connectivity index (χ0v) is 18.2. The van der Waals surface area contributed by atoms with E-state index in [1.54, 1.807) is 18.9 Å². The van der Waals surface area contributed by atoms with Crippen LogP contribution in [-0.2, 0) is 11.3 Å². The summed E-state index contributed by atoms with van der Waals surface area (Å²) in [6.45, 7) is 1.04. The molecule has 0 aliphatic rings. The standard InChI is InChI=1S/C20H21ClN4O2S2/c1-27-16-6-2-14(3-7-16)19-23-24-20(28)25(19)12-10-18(26)22-11-13-29-17-8-4-15(21)5-9-17/h2-9H,10-13H2,1H3,(H,22,26)(H,24,28). The van der Waals surface area contributed by atoms with Gasteiger partial charge in [0.1, 0.15) is 5.75 Å². The van der Waals surface area contributed by atoms with Crippen LogP contribution in [-0.4, -0.2) is 40.1 Å². The van der Waals surface area contributed by atoms with E-state index >= 15 is 0 Å². The molecular formula is C20H21ClN4O2S2. The molecule has 0 atom stereocenters. The molecule has 29 heavy (non-hydrogen) atoms. The third-order valence-corrected chi connectivity index (χ3v) is 5.75. The van der Waals surface area contributed by atoms with Gasteiger partial charge in [-0.15, -0.1) is 11.8 Å². The molecule has 1 amide bonds. The average molecular weight is 449 g/mol. The van der Waals surface area contributed by atoms with Gasteiger partial charge in [0.05, 0.1) is 7.11 Å². The first-order chi connectivity index (χ1) is 14.1. The number of aromatic amines is 1. The van der Waals surface area contributed by atoms with Gasteiger partial charge in [-0.25, -0.2) is 0 Å². The Morgan fingerprint density at radius 2 is 1.97 bits per heavy atom. The fourth-order valence-corrected chi connectivity index (χ4v) is 3.80. The van der Waals surface area contributed by atoms with Gasteiger partial charge >= 0.3 is 0 Å². The largest absolute Gasteiger partial charge is 0.497 e. The van der Waals surface area contributed by atoms with Crippen LogP contribution in [0.4, 0.5) is 0 Å². The number of carbonyl (C=O) groups is 1. The Morgan fingerprint density at radius 1 is 1.24 bits per heavy atom. The predicted molar refractivity (Wildman–Crippen MR) is 119 cm³/mol. The molecule has 6 nitrogen and oxygen atoms in total. The van der Waals surface area contributed by atoms with Crippen molar-refractivity contribution in [2.45, 2.75) is 17.9 Å². The first kappa shape index (κ1) is 21.4. The number of halogens is 1. The zero-order chi connectivity index (χ0) is 20.6. The molecule has 0 saturated heterocycles. The highest BCUT2D eigenvalue weighted by Crippen LogP contribution is 2.21. The third-order valence-electron chi connectivity index (χ3n) is 4.18. The minimum Gasteiger partial charge on any atom is -0.497 e. The van der Waals surface area contributed by atoms with E-state index in [9.17, 15) is 4.79 Å². The van der Waals surface area contributed by atoms with Gasteiger partial charge in [0, 0.05) is 40.7 Å². The smallest absolute Gasteiger partial charge is 0.221 e. The lowest BCUT2D eigenvalue weighted by Gasteiger charge is -2.09. The number of H-pyrrole nitrogens is 1. The van der Waals surface area contributed by atoms with E-state index in [1.165, 1.54) is 0 Å². The Labute approximate surface area is 183 Å². The number of hydrogen-bond acceptors (Lipinski definition) is 5.